The first-order valence-corrected chi connectivity index (χ1v) is 8.14. The van der Waals surface area contributed by atoms with Crippen LogP contribution in [0.15, 0.2) is 29.7 Å². The van der Waals surface area contributed by atoms with E-state index in [1.54, 1.807) is 12.4 Å². The Hall–Kier alpha value is -3.27. The number of rotatable bonds is 3. The van der Waals surface area contributed by atoms with Crippen molar-refractivity contribution in [2.24, 2.45) is 17.9 Å². The molecule has 10 heteroatoms. The van der Waals surface area contributed by atoms with Crippen LogP contribution in [0.25, 0.3) is 22.6 Å². The fourth-order valence-electron chi connectivity index (χ4n) is 2.96. The maximum absolute atomic E-state index is 9.03. The first-order valence-electron chi connectivity index (χ1n) is 8.14. The number of aryl methyl sites for hydroxylation is 1. The third-order valence-electron chi connectivity index (χ3n) is 4.29. The molecule has 0 saturated carbocycles. The van der Waals surface area contributed by atoms with Crippen LogP contribution in [0.5, 0.6) is 0 Å². The minimum Gasteiger partial charge on any atom is -0.409 e. The number of imidazole rings is 1. The number of pyridine rings is 1. The second-order valence-corrected chi connectivity index (χ2v) is 5.86. The van der Waals surface area contributed by atoms with Gasteiger partial charge < -0.3 is 25.1 Å². The van der Waals surface area contributed by atoms with Crippen LogP contribution in [0.2, 0.25) is 0 Å². The van der Waals surface area contributed by atoms with Crippen molar-refractivity contribution < 1.29 is 9.94 Å². The summed E-state index contributed by atoms with van der Waals surface area (Å²) in [6.07, 6.45) is 3.43. The summed E-state index contributed by atoms with van der Waals surface area (Å²) in [5.74, 6) is 1.40. The highest BCUT2D eigenvalue weighted by Crippen LogP contribution is 2.28. The van der Waals surface area contributed by atoms with Gasteiger partial charge in [0.2, 0.25) is 11.7 Å². The number of ether oxygens (including phenoxy) is 1. The summed E-state index contributed by atoms with van der Waals surface area (Å²) in [5, 5.41) is 12.1. The van der Waals surface area contributed by atoms with Gasteiger partial charge in [-0.15, -0.1) is 0 Å². The number of nitrogens with two attached hydrogens (primary N) is 1. The number of oxime groups is 1. The number of anilines is 1. The molecule has 1 fully saturated rings. The quantitative estimate of drug-likeness (QED) is 0.299. The predicted molar refractivity (Wildman–Crippen MR) is 95.1 cm³/mol. The van der Waals surface area contributed by atoms with Crippen molar-refractivity contribution in [1.29, 1.82) is 0 Å². The number of amidine groups is 1. The van der Waals surface area contributed by atoms with Crippen LogP contribution < -0.4 is 10.6 Å². The molecule has 1 aliphatic rings. The van der Waals surface area contributed by atoms with Crippen LogP contribution in [0, 0.1) is 0 Å². The number of aromatic nitrogens is 5. The Morgan fingerprint density at radius 3 is 2.62 bits per heavy atom. The van der Waals surface area contributed by atoms with Crippen LogP contribution in [-0.2, 0) is 11.8 Å². The smallest absolute Gasteiger partial charge is 0.208 e. The molecule has 0 aliphatic carbocycles. The van der Waals surface area contributed by atoms with E-state index in [1.807, 2.05) is 23.7 Å². The number of morpholine rings is 1. The van der Waals surface area contributed by atoms with E-state index in [4.69, 9.17) is 20.7 Å². The zero-order valence-electron chi connectivity index (χ0n) is 14.2. The maximum atomic E-state index is 9.03. The van der Waals surface area contributed by atoms with Crippen molar-refractivity contribution >= 4 is 22.8 Å². The van der Waals surface area contributed by atoms with Crippen LogP contribution in [0.1, 0.15) is 5.82 Å². The lowest BCUT2D eigenvalue weighted by atomic mass is 10.2. The summed E-state index contributed by atoms with van der Waals surface area (Å²) in [7, 11) is 1.87. The highest BCUT2D eigenvalue weighted by molar-refractivity contribution is 5.97. The molecule has 4 heterocycles. The van der Waals surface area contributed by atoms with Gasteiger partial charge in [0, 0.05) is 38.1 Å². The van der Waals surface area contributed by atoms with E-state index in [1.165, 1.54) is 0 Å². The van der Waals surface area contributed by atoms with E-state index in [9.17, 15) is 0 Å². The van der Waals surface area contributed by atoms with Crippen LogP contribution in [-0.4, -0.2) is 61.8 Å². The standard InChI is InChI=1S/C16H18N8O2/c1-23-14(10-2-4-18-5-3-10)19-11-15(23)20-13(12(17)22-25)21-16(11)24-6-8-26-9-7-24/h2-5,25H,6-9H2,1H3,(H2,17,22). The van der Waals surface area contributed by atoms with E-state index in [0.717, 1.165) is 11.4 Å². The molecular formula is C16H18N8O2. The Labute approximate surface area is 149 Å². The minimum atomic E-state index is -0.145. The Kier molecular flexibility index (Phi) is 4.09. The van der Waals surface area contributed by atoms with Gasteiger partial charge in [-0.3, -0.25) is 4.98 Å². The molecule has 10 nitrogen and oxygen atoms in total. The van der Waals surface area contributed by atoms with Gasteiger partial charge in [-0.2, -0.15) is 0 Å². The Balaban J connectivity index is 1.95. The minimum absolute atomic E-state index is 0.145. The molecule has 0 unspecified atom stereocenters. The average Bonchev–Trinajstić information content (AvgIpc) is 3.04. The number of nitrogens with zero attached hydrogens (tertiary/aromatic N) is 7. The zero-order chi connectivity index (χ0) is 18.1. The lowest BCUT2D eigenvalue weighted by Crippen LogP contribution is -2.37. The summed E-state index contributed by atoms with van der Waals surface area (Å²) < 4.78 is 7.29. The van der Waals surface area contributed by atoms with Gasteiger partial charge in [0.25, 0.3) is 0 Å². The lowest BCUT2D eigenvalue weighted by Gasteiger charge is -2.28. The van der Waals surface area contributed by atoms with Crippen LogP contribution >= 0.6 is 0 Å². The highest BCUT2D eigenvalue weighted by atomic mass is 16.5. The molecule has 1 aliphatic heterocycles. The highest BCUT2D eigenvalue weighted by Gasteiger charge is 2.23. The largest absolute Gasteiger partial charge is 0.409 e. The molecule has 0 radical (unpaired) electrons. The molecular weight excluding hydrogens is 336 g/mol. The summed E-state index contributed by atoms with van der Waals surface area (Å²) >= 11 is 0. The van der Waals surface area contributed by atoms with Gasteiger partial charge in [-0.1, -0.05) is 5.16 Å². The third kappa shape index (κ3) is 2.69. The van der Waals surface area contributed by atoms with Gasteiger partial charge in [0.05, 0.1) is 13.2 Å². The molecule has 0 aromatic carbocycles. The second-order valence-electron chi connectivity index (χ2n) is 5.86. The second kappa shape index (κ2) is 6.56. The van der Waals surface area contributed by atoms with E-state index in [0.29, 0.717) is 43.3 Å². The topological polar surface area (TPSA) is 128 Å². The van der Waals surface area contributed by atoms with E-state index in [2.05, 4.69) is 25.0 Å². The molecule has 3 N–H and O–H groups in total. The Bertz CT molecular complexity index is 963. The van der Waals surface area contributed by atoms with E-state index >= 15 is 0 Å². The van der Waals surface area contributed by atoms with Crippen molar-refractivity contribution in [3.05, 3.63) is 30.4 Å². The van der Waals surface area contributed by atoms with Gasteiger partial charge in [0.15, 0.2) is 17.0 Å². The van der Waals surface area contributed by atoms with Crippen LogP contribution in [0.3, 0.4) is 0 Å². The molecule has 4 rings (SSSR count). The Morgan fingerprint density at radius 2 is 1.92 bits per heavy atom. The molecule has 0 amide bonds. The van der Waals surface area contributed by atoms with Gasteiger partial charge >= 0.3 is 0 Å². The summed E-state index contributed by atoms with van der Waals surface area (Å²) in [5.41, 5.74) is 7.93. The molecule has 3 aromatic rings. The monoisotopic (exact) mass is 354 g/mol. The average molecular weight is 354 g/mol. The SMILES string of the molecule is Cn1c(-c2ccncc2)nc2c(N3CCOCC3)nc(/C(N)=N/O)nc21. The summed E-state index contributed by atoms with van der Waals surface area (Å²) in [6.45, 7) is 2.58. The molecule has 0 bridgehead atoms. The molecule has 0 spiro atoms. The zero-order valence-corrected chi connectivity index (χ0v) is 14.2. The fraction of sp³-hybridized carbons (Fsp3) is 0.312. The summed E-state index contributed by atoms with van der Waals surface area (Å²) in [4.78, 5) is 19.8. The number of hydrogen-bond donors (Lipinski definition) is 2. The van der Waals surface area contributed by atoms with Crippen molar-refractivity contribution in [2.75, 3.05) is 31.2 Å². The predicted octanol–water partition coefficient (Wildman–Crippen LogP) is 0.356. The van der Waals surface area contributed by atoms with Crippen molar-refractivity contribution in [3.8, 4) is 11.4 Å². The van der Waals surface area contributed by atoms with E-state index < -0.39 is 0 Å². The van der Waals surface area contributed by atoms with Crippen molar-refractivity contribution in [1.82, 2.24) is 24.5 Å². The van der Waals surface area contributed by atoms with E-state index in [-0.39, 0.29) is 11.7 Å². The van der Waals surface area contributed by atoms with Crippen LogP contribution in [0.4, 0.5) is 5.82 Å². The first kappa shape index (κ1) is 16.2. The fourth-order valence-corrected chi connectivity index (χ4v) is 2.96. The normalized spacial score (nSPS) is 15.6. The van der Waals surface area contributed by atoms with Crippen molar-refractivity contribution in [2.45, 2.75) is 0 Å². The van der Waals surface area contributed by atoms with Gasteiger partial charge in [0.1, 0.15) is 5.82 Å². The van der Waals surface area contributed by atoms with Gasteiger partial charge in [-0.25, -0.2) is 15.0 Å². The number of fused-ring (bicyclic) bond motifs is 1. The summed E-state index contributed by atoms with van der Waals surface area (Å²) in [6, 6.07) is 3.76. The van der Waals surface area contributed by atoms with Gasteiger partial charge in [-0.05, 0) is 12.1 Å². The molecule has 26 heavy (non-hydrogen) atoms. The Morgan fingerprint density at radius 1 is 1.19 bits per heavy atom. The molecule has 134 valence electrons. The molecule has 1 saturated heterocycles. The third-order valence-corrected chi connectivity index (χ3v) is 4.29. The molecule has 0 atom stereocenters. The van der Waals surface area contributed by atoms with Crippen molar-refractivity contribution in [3.63, 3.8) is 0 Å². The number of hydrogen-bond acceptors (Lipinski definition) is 8. The first-order chi connectivity index (χ1) is 12.7. The lowest BCUT2D eigenvalue weighted by molar-refractivity contribution is 0.122. The molecule has 3 aromatic heterocycles. The maximum Gasteiger partial charge on any atom is 0.208 e.